The van der Waals surface area contributed by atoms with E-state index in [2.05, 4.69) is 26.0 Å². The Morgan fingerprint density at radius 3 is 2.24 bits per heavy atom. The predicted octanol–water partition coefficient (Wildman–Crippen LogP) is 4.66. The number of nitrogens with two attached hydrogens (primary N) is 1. The summed E-state index contributed by atoms with van der Waals surface area (Å²) >= 11 is 0. The Morgan fingerprint density at radius 2 is 1.67 bits per heavy atom. The zero-order chi connectivity index (χ0) is 15.2. The quantitative estimate of drug-likeness (QED) is 0.821. The Bertz CT molecular complexity index is 560. The summed E-state index contributed by atoms with van der Waals surface area (Å²) < 4.78 is 13.8. The molecule has 1 unspecified atom stereocenters. The molecular formula is C19H24FN. The van der Waals surface area contributed by atoms with Crippen molar-refractivity contribution in [2.75, 3.05) is 6.54 Å². The maximum atomic E-state index is 13.8. The SMILES string of the molecule is CC(C)C(CCN)Cc1ccc(-c2ccccc2F)cc1. The van der Waals surface area contributed by atoms with Crippen molar-refractivity contribution in [1.29, 1.82) is 0 Å². The first-order valence-electron chi connectivity index (χ1n) is 7.65. The van der Waals surface area contributed by atoms with Crippen LogP contribution in [0.15, 0.2) is 48.5 Å². The van der Waals surface area contributed by atoms with Crippen LogP contribution in [0.2, 0.25) is 0 Å². The Kier molecular flexibility index (Phi) is 5.51. The number of hydrogen-bond donors (Lipinski definition) is 1. The summed E-state index contributed by atoms with van der Waals surface area (Å²) in [5, 5.41) is 0. The normalized spacial score (nSPS) is 12.6. The minimum absolute atomic E-state index is 0.173. The summed E-state index contributed by atoms with van der Waals surface area (Å²) in [6.45, 7) is 5.22. The fourth-order valence-corrected chi connectivity index (χ4v) is 2.70. The molecule has 0 aliphatic heterocycles. The third-order valence-electron chi connectivity index (χ3n) is 4.12. The van der Waals surface area contributed by atoms with E-state index in [-0.39, 0.29) is 5.82 Å². The van der Waals surface area contributed by atoms with E-state index < -0.39 is 0 Å². The molecule has 0 radical (unpaired) electrons. The summed E-state index contributed by atoms with van der Waals surface area (Å²) in [7, 11) is 0. The molecule has 1 atom stereocenters. The molecule has 21 heavy (non-hydrogen) atoms. The van der Waals surface area contributed by atoms with Crippen LogP contribution in [0.25, 0.3) is 11.1 Å². The fourth-order valence-electron chi connectivity index (χ4n) is 2.70. The van der Waals surface area contributed by atoms with Gasteiger partial charge >= 0.3 is 0 Å². The van der Waals surface area contributed by atoms with Crippen molar-refractivity contribution in [2.45, 2.75) is 26.7 Å². The average molecular weight is 285 g/mol. The second-order valence-electron chi connectivity index (χ2n) is 5.96. The number of hydrogen-bond acceptors (Lipinski definition) is 1. The average Bonchev–Trinajstić information content (AvgIpc) is 2.48. The van der Waals surface area contributed by atoms with E-state index in [1.807, 2.05) is 24.3 Å². The first-order chi connectivity index (χ1) is 10.1. The van der Waals surface area contributed by atoms with E-state index in [0.29, 0.717) is 17.4 Å². The van der Waals surface area contributed by atoms with Gasteiger partial charge in [-0.15, -0.1) is 0 Å². The lowest BCUT2D eigenvalue weighted by molar-refractivity contribution is 0.362. The Hall–Kier alpha value is -1.67. The molecule has 1 nitrogen and oxygen atoms in total. The Morgan fingerprint density at radius 1 is 1.00 bits per heavy atom. The van der Waals surface area contributed by atoms with Crippen molar-refractivity contribution in [2.24, 2.45) is 17.6 Å². The van der Waals surface area contributed by atoms with Gasteiger partial charge in [0.25, 0.3) is 0 Å². The largest absolute Gasteiger partial charge is 0.330 e. The van der Waals surface area contributed by atoms with Gasteiger partial charge in [-0.25, -0.2) is 4.39 Å². The summed E-state index contributed by atoms with van der Waals surface area (Å²) in [6, 6.07) is 15.1. The van der Waals surface area contributed by atoms with Crippen LogP contribution in [0, 0.1) is 17.7 Å². The predicted molar refractivity (Wildman–Crippen MR) is 87.5 cm³/mol. The van der Waals surface area contributed by atoms with E-state index in [0.717, 1.165) is 24.9 Å². The first-order valence-corrected chi connectivity index (χ1v) is 7.65. The maximum absolute atomic E-state index is 13.8. The van der Waals surface area contributed by atoms with E-state index >= 15 is 0 Å². The summed E-state index contributed by atoms with van der Waals surface area (Å²) in [5.41, 5.74) is 8.58. The molecule has 0 spiro atoms. The topological polar surface area (TPSA) is 26.0 Å². The molecule has 0 aromatic heterocycles. The minimum Gasteiger partial charge on any atom is -0.330 e. The third kappa shape index (κ3) is 4.15. The third-order valence-corrected chi connectivity index (χ3v) is 4.12. The van der Waals surface area contributed by atoms with Crippen LogP contribution >= 0.6 is 0 Å². The van der Waals surface area contributed by atoms with Crippen molar-refractivity contribution < 1.29 is 4.39 Å². The fraction of sp³-hybridized carbons (Fsp3) is 0.368. The van der Waals surface area contributed by atoms with Gasteiger partial charge in [0.2, 0.25) is 0 Å². The van der Waals surface area contributed by atoms with Gasteiger partial charge in [-0.2, -0.15) is 0 Å². The van der Waals surface area contributed by atoms with Gasteiger partial charge < -0.3 is 5.73 Å². The van der Waals surface area contributed by atoms with Gasteiger partial charge in [-0.3, -0.25) is 0 Å². The molecule has 0 saturated carbocycles. The van der Waals surface area contributed by atoms with Crippen molar-refractivity contribution in [3.05, 3.63) is 59.9 Å². The van der Waals surface area contributed by atoms with Crippen LogP contribution in [-0.4, -0.2) is 6.54 Å². The van der Waals surface area contributed by atoms with Crippen LogP contribution < -0.4 is 5.73 Å². The van der Waals surface area contributed by atoms with Gasteiger partial charge in [0.1, 0.15) is 5.82 Å². The molecule has 0 aliphatic carbocycles. The van der Waals surface area contributed by atoms with E-state index in [1.165, 1.54) is 11.6 Å². The minimum atomic E-state index is -0.173. The molecule has 0 aliphatic rings. The van der Waals surface area contributed by atoms with Crippen LogP contribution in [0.1, 0.15) is 25.8 Å². The molecule has 0 saturated heterocycles. The lowest BCUT2D eigenvalue weighted by atomic mass is 9.86. The van der Waals surface area contributed by atoms with Gasteiger partial charge in [0, 0.05) is 5.56 Å². The molecule has 2 aromatic carbocycles. The van der Waals surface area contributed by atoms with Crippen molar-refractivity contribution in [3.8, 4) is 11.1 Å². The van der Waals surface area contributed by atoms with Gasteiger partial charge in [-0.05, 0) is 48.4 Å². The summed E-state index contributed by atoms with van der Waals surface area (Å²) in [4.78, 5) is 0. The first kappa shape index (κ1) is 15.7. The molecule has 0 fully saturated rings. The number of benzene rings is 2. The van der Waals surface area contributed by atoms with E-state index in [4.69, 9.17) is 5.73 Å². The molecular weight excluding hydrogens is 261 g/mol. The highest BCUT2D eigenvalue weighted by atomic mass is 19.1. The second kappa shape index (κ2) is 7.37. The van der Waals surface area contributed by atoms with Crippen molar-refractivity contribution >= 4 is 0 Å². The highest BCUT2D eigenvalue weighted by molar-refractivity contribution is 5.64. The summed E-state index contributed by atoms with van der Waals surface area (Å²) in [6.07, 6.45) is 2.08. The molecule has 2 heteroatoms. The lowest BCUT2D eigenvalue weighted by Crippen LogP contribution is -2.16. The molecule has 0 heterocycles. The van der Waals surface area contributed by atoms with Gasteiger partial charge in [0.05, 0.1) is 0 Å². The van der Waals surface area contributed by atoms with Crippen molar-refractivity contribution in [3.63, 3.8) is 0 Å². The smallest absolute Gasteiger partial charge is 0.131 e. The Labute approximate surface area is 127 Å². The highest BCUT2D eigenvalue weighted by Gasteiger charge is 2.13. The van der Waals surface area contributed by atoms with E-state index in [1.54, 1.807) is 6.07 Å². The molecule has 0 bridgehead atoms. The highest BCUT2D eigenvalue weighted by Crippen LogP contribution is 2.25. The van der Waals surface area contributed by atoms with E-state index in [9.17, 15) is 4.39 Å². The van der Waals surface area contributed by atoms with Crippen LogP contribution in [0.3, 0.4) is 0 Å². The molecule has 0 amide bonds. The number of halogens is 1. The summed E-state index contributed by atoms with van der Waals surface area (Å²) in [5.74, 6) is 1.06. The maximum Gasteiger partial charge on any atom is 0.131 e. The van der Waals surface area contributed by atoms with Crippen LogP contribution in [0.5, 0.6) is 0 Å². The van der Waals surface area contributed by atoms with Crippen LogP contribution in [-0.2, 0) is 6.42 Å². The standard InChI is InChI=1S/C19H24FN/c1-14(2)17(11-12-21)13-15-7-9-16(10-8-15)18-5-3-4-6-19(18)20/h3-10,14,17H,11-13,21H2,1-2H3. The zero-order valence-corrected chi connectivity index (χ0v) is 12.9. The zero-order valence-electron chi connectivity index (χ0n) is 12.9. The molecule has 2 aromatic rings. The van der Waals surface area contributed by atoms with Crippen LogP contribution in [0.4, 0.5) is 4.39 Å². The van der Waals surface area contributed by atoms with Crippen molar-refractivity contribution in [1.82, 2.24) is 0 Å². The molecule has 112 valence electrons. The Balaban J connectivity index is 2.14. The monoisotopic (exact) mass is 285 g/mol. The van der Waals surface area contributed by atoms with Gasteiger partial charge in [-0.1, -0.05) is 56.3 Å². The van der Waals surface area contributed by atoms with Gasteiger partial charge in [0.15, 0.2) is 0 Å². The number of rotatable bonds is 6. The second-order valence-corrected chi connectivity index (χ2v) is 5.96. The molecule has 2 rings (SSSR count). The lowest BCUT2D eigenvalue weighted by Gasteiger charge is -2.20. The molecule has 2 N–H and O–H groups in total.